The van der Waals surface area contributed by atoms with Crippen molar-refractivity contribution in [2.45, 2.75) is 13.1 Å². The van der Waals surface area contributed by atoms with E-state index in [4.69, 9.17) is 0 Å². The number of carbonyl (C=O) groups excluding carboxylic acids is 2. The van der Waals surface area contributed by atoms with E-state index in [0.29, 0.717) is 18.7 Å². The SMILES string of the molecule is CNC(=O)c1ccc(CN(C)CC(=O)N2CCN(Cc3ccccc3)CC2)cc1. The molecule has 0 saturated carbocycles. The van der Waals surface area contributed by atoms with Gasteiger partial charge in [-0.25, -0.2) is 0 Å². The van der Waals surface area contributed by atoms with Crippen molar-refractivity contribution in [2.75, 3.05) is 46.8 Å². The molecule has 1 fully saturated rings. The van der Waals surface area contributed by atoms with Crippen LogP contribution in [0, 0.1) is 0 Å². The number of likely N-dealkylation sites (N-methyl/N-ethyl adjacent to an activating group) is 1. The number of nitrogens with one attached hydrogen (secondary N) is 1. The van der Waals surface area contributed by atoms with Crippen LogP contribution < -0.4 is 5.32 Å². The standard InChI is InChI=1S/C23H30N4O2/c1-24-23(29)21-10-8-20(9-11-21)16-25(2)18-22(28)27-14-12-26(13-15-27)17-19-6-4-3-5-7-19/h3-11H,12-18H2,1-2H3,(H,24,29). The van der Waals surface area contributed by atoms with Crippen LogP contribution in [-0.2, 0) is 17.9 Å². The van der Waals surface area contributed by atoms with Crippen molar-refractivity contribution >= 4 is 11.8 Å². The summed E-state index contributed by atoms with van der Waals surface area (Å²) in [6.45, 7) is 5.38. The van der Waals surface area contributed by atoms with Crippen molar-refractivity contribution in [1.82, 2.24) is 20.0 Å². The summed E-state index contributed by atoms with van der Waals surface area (Å²) >= 11 is 0. The second kappa shape index (κ2) is 10.2. The van der Waals surface area contributed by atoms with Crippen molar-refractivity contribution in [1.29, 1.82) is 0 Å². The number of hydrogen-bond donors (Lipinski definition) is 1. The van der Waals surface area contributed by atoms with Crippen molar-refractivity contribution in [2.24, 2.45) is 0 Å². The lowest BCUT2D eigenvalue weighted by atomic mass is 10.1. The van der Waals surface area contributed by atoms with Gasteiger partial charge < -0.3 is 10.2 Å². The molecular formula is C23H30N4O2. The third kappa shape index (κ3) is 6.14. The molecule has 0 atom stereocenters. The molecule has 1 aliphatic rings. The van der Waals surface area contributed by atoms with E-state index in [2.05, 4.69) is 34.5 Å². The molecule has 3 rings (SSSR count). The molecule has 2 amide bonds. The van der Waals surface area contributed by atoms with Gasteiger partial charge in [-0.05, 0) is 30.3 Å². The van der Waals surface area contributed by atoms with Gasteiger partial charge in [0.1, 0.15) is 0 Å². The molecule has 2 aromatic rings. The smallest absolute Gasteiger partial charge is 0.251 e. The average molecular weight is 395 g/mol. The fraction of sp³-hybridized carbons (Fsp3) is 0.391. The first-order valence-electron chi connectivity index (χ1n) is 10.1. The molecule has 2 aromatic carbocycles. The number of piperazine rings is 1. The Kier molecular flexibility index (Phi) is 7.38. The molecule has 1 heterocycles. The first kappa shape index (κ1) is 21.0. The van der Waals surface area contributed by atoms with Gasteiger partial charge in [0.2, 0.25) is 5.91 Å². The monoisotopic (exact) mass is 394 g/mol. The molecule has 1 N–H and O–H groups in total. The van der Waals surface area contributed by atoms with E-state index in [0.717, 1.165) is 38.3 Å². The van der Waals surface area contributed by atoms with E-state index in [1.54, 1.807) is 7.05 Å². The van der Waals surface area contributed by atoms with E-state index in [9.17, 15) is 9.59 Å². The van der Waals surface area contributed by atoms with Gasteiger partial charge in [0.15, 0.2) is 0 Å². The molecule has 0 aromatic heterocycles. The van der Waals surface area contributed by atoms with E-state index in [1.807, 2.05) is 47.2 Å². The van der Waals surface area contributed by atoms with E-state index in [1.165, 1.54) is 5.56 Å². The molecule has 1 saturated heterocycles. The molecule has 0 spiro atoms. The molecule has 6 heteroatoms. The van der Waals surface area contributed by atoms with Gasteiger partial charge in [0.05, 0.1) is 6.54 Å². The van der Waals surface area contributed by atoms with Gasteiger partial charge in [-0.15, -0.1) is 0 Å². The summed E-state index contributed by atoms with van der Waals surface area (Å²) in [7, 11) is 3.58. The van der Waals surface area contributed by atoms with Crippen molar-refractivity contribution in [3.05, 3.63) is 71.3 Å². The number of carbonyl (C=O) groups is 2. The molecule has 0 radical (unpaired) electrons. The Balaban J connectivity index is 1.42. The molecular weight excluding hydrogens is 364 g/mol. The highest BCUT2D eigenvalue weighted by Crippen LogP contribution is 2.10. The number of rotatable bonds is 7. The summed E-state index contributed by atoms with van der Waals surface area (Å²) in [4.78, 5) is 30.7. The third-order valence-electron chi connectivity index (χ3n) is 5.27. The molecule has 0 unspecified atom stereocenters. The minimum absolute atomic E-state index is 0.0912. The molecule has 1 aliphatic heterocycles. The maximum atomic E-state index is 12.7. The Morgan fingerprint density at radius 3 is 2.21 bits per heavy atom. The Hall–Kier alpha value is -2.70. The lowest BCUT2D eigenvalue weighted by Gasteiger charge is -2.35. The second-order valence-corrected chi connectivity index (χ2v) is 7.59. The lowest BCUT2D eigenvalue weighted by Crippen LogP contribution is -2.50. The Morgan fingerprint density at radius 1 is 0.931 bits per heavy atom. The molecule has 0 aliphatic carbocycles. The Bertz CT molecular complexity index is 799. The summed E-state index contributed by atoms with van der Waals surface area (Å²) in [5.41, 5.74) is 3.04. The molecule has 29 heavy (non-hydrogen) atoms. The molecule has 154 valence electrons. The highest BCUT2D eigenvalue weighted by Gasteiger charge is 2.22. The Morgan fingerprint density at radius 2 is 1.59 bits per heavy atom. The highest BCUT2D eigenvalue weighted by atomic mass is 16.2. The van der Waals surface area contributed by atoms with E-state index >= 15 is 0 Å². The van der Waals surface area contributed by atoms with Crippen molar-refractivity contribution in [3.63, 3.8) is 0 Å². The summed E-state index contributed by atoms with van der Waals surface area (Å²) in [5.74, 6) is 0.0836. The minimum Gasteiger partial charge on any atom is -0.355 e. The van der Waals surface area contributed by atoms with Gasteiger partial charge in [-0.2, -0.15) is 0 Å². The minimum atomic E-state index is -0.0912. The van der Waals surface area contributed by atoms with Crippen LogP contribution in [0.15, 0.2) is 54.6 Å². The van der Waals surface area contributed by atoms with Crippen LogP contribution in [0.5, 0.6) is 0 Å². The maximum Gasteiger partial charge on any atom is 0.251 e. The summed E-state index contributed by atoms with van der Waals surface area (Å²) in [6, 6.07) is 18.0. The fourth-order valence-corrected chi connectivity index (χ4v) is 3.60. The van der Waals surface area contributed by atoms with Gasteiger partial charge in [0.25, 0.3) is 5.91 Å². The van der Waals surface area contributed by atoms with Gasteiger partial charge in [-0.1, -0.05) is 42.5 Å². The molecule has 0 bridgehead atoms. The Labute approximate surface area is 173 Å². The first-order valence-corrected chi connectivity index (χ1v) is 10.1. The maximum absolute atomic E-state index is 12.7. The molecule has 6 nitrogen and oxygen atoms in total. The van der Waals surface area contributed by atoms with Crippen LogP contribution >= 0.6 is 0 Å². The van der Waals surface area contributed by atoms with Crippen molar-refractivity contribution < 1.29 is 9.59 Å². The lowest BCUT2D eigenvalue weighted by molar-refractivity contribution is -0.134. The van der Waals surface area contributed by atoms with Crippen LogP contribution in [-0.4, -0.2) is 73.3 Å². The van der Waals surface area contributed by atoms with Gasteiger partial charge >= 0.3 is 0 Å². The van der Waals surface area contributed by atoms with Gasteiger partial charge in [0, 0.05) is 51.9 Å². The zero-order chi connectivity index (χ0) is 20.6. The zero-order valence-corrected chi connectivity index (χ0v) is 17.3. The number of benzene rings is 2. The van der Waals surface area contributed by atoms with Crippen LogP contribution in [0.4, 0.5) is 0 Å². The highest BCUT2D eigenvalue weighted by molar-refractivity contribution is 5.93. The zero-order valence-electron chi connectivity index (χ0n) is 17.3. The predicted molar refractivity (Wildman–Crippen MR) is 114 cm³/mol. The van der Waals surface area contributed by atoms with E-state index in [-0.39, 0.29) is 11.8 Å². The quantitative estimate of drug-likeness (QED) is 0.778. The van der Waals surface area contributed by atoms with E-state index < -0.39 is 0 Å². The fourth-order valence-electron chi connectivity index (χ4n) is 3.60. The summed E-state index contributed by atoms with van der Waals surface area (Å²) in [5, 5.41) is 2.62. The first-order chi connectivity index (χ1) is 14.0. The van der Waals surface area contributed by atoms with Crippen molar-refractivity contribution in [3.8, 4) is 0 Å². The van der Waals surface area contributed by atoms with Crippen LogP contribution in [0.1, 0.15) is 21.5 Å². The summed E-state index contributed by atoms with van der Waals surface area (Å²) < 4.78 is 0. The van der Waals surface area contributed by atoms with Crippen LogP contribution in [0.2, 0.25) is 0 Å². The largest absolute Gasteiger partial charge is 0.355 e. The number of nitrogens with zero attached hydrogens (tertiary/aromatic N) is 3. The number of hydrogen-bond acceptors (Lipinski definition) is 4. The van der Waals surface area contributed by atoms with Crippen LogP contribution in [0.3, 0.4) is 0 Å². The van der Waals surface area contributed by atoms with Crippen LogP contribution in [0.25, 0.3) is 0 Å². The average Bonchev–Trinajstić information content (AvgIpc) is 2.75. The third-order valence-corrected chi connectivity index (χ3v) is 5.27. The second-order valence-electron chi connectivity index (χ2n) is 7.59. The van der Waals surface area contributed by atoms with Gasteiger partial charge in [-0.3, -0.25) is 19.4 Å². The predicted octanol–water partition coefficient (Wildman–Crippen LogP) is 1.82. The topological polar surface area (TPSA) is 55.9 Å². The summed E-state index contributed by atoms with van der Waals surface area (Å²) in [6.07, 6.45) is 0. The normalized spacial score (nSPS) is 14.8. The number of amides is 2.